The second kappa shape index (κ2) is 6.29. The third kappa shape index (κ3) is 2.94. The van der Waals surface area contributed by atoms with E-state index in [0.29, 0.717) is 0 Å². The first-order chi connectivity index (χ1) is 10.3. The lowest BCUT2D eigenvalue weighted by Gasteiger charge is -2.10. The van der Waals surface area contributed by atoms with Gasteiger partial charge in [-0.25, -0.2) is 4.98 Å². The SMILES string of the molecule is CNCCc1nc2ccccc2n1Cc1ccccc1Cl. The van der Waals surface area contributed by atoms with Crippen molar-refractivity contribution in [1.29, 1.82) is 0 Å². The van der Waals surface area contributed by atoms with Gasteiger partial charge in [0, 0.05) is 18.0 Å². The van der Waals surface area contributed by atoms with Crippen LogP contribution < -0.4 is 5.32 Å². The van der Waals surface area contributed by atoms with Gasteiger partial charge in [-0.05, 0) is 30.8 Å². The number of para-hydroxylation sites is 2. The van der Waals surface area contributed by atoms with Gasteiger partial charge in [0.05, 0.1) is 17.6 Å². The average Bonchev–Trinajstić information content (AvgIpc) is 2.85. The lowest BCUT2D eigenvalue weighted by Crippen LogP contribution is -2.14. The van der Waals surface area contributed by atoms with Crippen molar-refractivity contribution in [1.82, 2.24) is 14.9 Å². The summed E-state index contributed by atoms with van der Waals surface area (Å²) in [6.45, 7) is 1.66. The molecule has 0 bridgehead atoms. The Labute approximate surface area is 129 Å². The molecule has 0 saturated heterocycles. The maximum absolute atomic E-state index is 6.30. The first kappa shape index (κ1) is 14.1. The van der Waals surface area contributed by atoms with E-state index in [1.807, 2.05) is 31.3 Å². The van der Waals surface area contributed by atoms with E-state index in [4.69, 9.17) is 16.6 Å². The van der Waals surface area contributed by atoms with Gasteiger partial charge in [0.2, 0.25) is 0 Å². The molecular formula is C17H18ClN3. The summed E-state index contributed by atoms with van der Waals surface area (Å²) in [6, 6.07) is 16.2. The maximum Gasteiger partial charge on any atom is 0.111 e. The fraction of sp³-hybridized carbons (Fsp3) is 0.235. The molecule has 0 saturated carbocycles. The van der Waals surface area contributed by atoms with Crippen molar-refractivity contribution in [2.24, 2.45) is 0 Å². The van der Waals surface area contributed by atoms with Gasteiger partial charge >= 0.3 is 0 Å². The fourth-order valence-electron chi connectivity index (χ4n) is 2.53. The summed E-state index contributed by atoms with van der Waals surface area (Å²) in [6.07, 6.45) is 0.898. The molecule has 21 heavy (non-hydrogen) atoms. The van der Waals surface area contributed by atoms with E-state index in [-0.39, 0.29) is 0 Å². The minimum absolute atomic E-state index is 0.749. The van der Waals surface area contributed by atoms with Gasteiger partial charge in [0.15, 0.2) is 0 Å². The molecule has 0 aliphatic heterocycles. The van der Waals surface area contributed by atoms with Crippen LogP contribution in [0.5, 0.6) is 0 Å². The van der Waals surface area contributed by atoms with Crippen LogP contribution in [0.1, 0.15) is 11.4 Å². The molecule has 1 aromatic heterocycles. The molecule has 3 nitrogen and oxygen atoms in total. The molecule has 3 rings (SSSR count). The third-order valence-electron chi connectivity index (χ3n) is 3.62. The Morgan fingerprint density at radius 3 is 2.67 bits per heavy atom. The summed E-state index contributed by atoms with van der Waals surface area (Å²) < 4.78 is 2.26. The molecule has 0 unspecified atom stereocenters. The van der Waals surface area contributed by atoms with Crippen LogP contribution in [0.25, 0.3) is 11.0 Å². The number of hydrogen-bond acceptors (Lipinski definition) is 2. The average molecular weight is 300 g/mol. The van der Waals surface area contributed by atoms with Crippen molar-refractivity contribution >= 4 is 22.6 Å². The van der Waals surface area contributed by atoms with Crippen LogP contribution in [0.4, 0.5) is 0 Å². The minimum atomic E-state index is 0.749. The molecule has 0 radical (unpaired) electrons. The Balaban J connectivity index is 2.04. The number of nitrogens with zero attached hydrogens (tertiary/aromatic N) is 2. The predicted molar refractivity (Wildman–Crippen MR) is 87.9 cm³/mol. The minimum Gasteiger partial charge on any atom is -0.323 e. The molecule has 1 heterocycles. The summed E-state index contributed by atoms with van der Waals surface area (Å²) in [5, 5.41) is 3.98. The molecule has 4 heteroatoms. The molecule has 3 aromatic rings. The summed E-state index contributed by atoms with van der Waals surface area (Å²) >= 11 is 6.30. The van der Waals surface area contributed by atoms with E-state index in [1.54, 1.807) is 0 Å². The largest absolute Gasteiger partial charge is 0.323 e. The van der Waals surface area contributed by atoms with Crippen LogP contribution in [0.3, 0.4) is 0 Å². The number of halogens is 1. The summed E-state index contributed by atoms with van der Waals surface area (Å²) in [7, 11) is 1.96. The Bertz CT molecular complexity index is 749. The number of likely N-dealkylation sites (N-methyl/N-ethyl adjacent to an activating group) is 1. The standard InChI is InChI=1S/C17H18ClN3/c1-19-11-10-17-20-15-8-4-5-9-16(15)21(17)12-13-6-2-3-7-14(13)18/h2-9,19H,10-12H2,1H3. The summed E-state index contributed by atoms with van der Waals surface area (Å²) in [5.74, 6) is 1.09. The van der Waals surface area contributed by atoms with E-state index in [2.05, 4.69) is 34.1 Å². The Kier molecular flexibility index (Phi) is 4.23. The Hall–Kier alpha value is -1.84. The van der Waals surface area contributed by atoms with Crippen LogP contribution in [-0.4, -0.2) is 23.1 Å². The molecule has 1 N–H and O–H groups in total. The first-order valence-corrected chi connectivity index (χ1v) is 7.49. The Morgan fingerprint density at radius 1 is 1.10 bits per heavy atom. The number of aromatic nitrogens is 2. The van der Waals surface area contributed by atoms with Gasteiger partial charge in [-0.2, -0.15) is 0 Å². The zero-order valence-corrected chi connectivity index (χ0v) is 12.8. The smallest absolute Gasteiger partial charge is 0.111 e. The number of hydrogen-bond donors (Lipinski definition) is 1. The number of nitrogens with one attached hydrogen (secondary N) is 1. The normalized spacial score (nSPS) is 11.1. The van der Waals surface area contributed by atoms with Crippen LogP contribution in [-0.2, 0) is 13.0 Å². The topological polar surface area (TPSA) is 29.9 Å². The van der Waals surface area contributed by atoms with Gasteiger partial charge in [0.25, 0.3) is 0 Å². The summed E-state index contributed by atoms with van der Waals surface area (Å²) in [4.78, 5) is 4.76. The lowest BCUT2D eigenvalue weighted by molar-refractivity contribution is 0.696. The monoisotopic (exact) mass is 299 g/mol. The highest BCUT2D eigenvalue weighted by Crippen LogP contribution is 2.21. The van der Waals surface area contributed by atoms with Gasteiger partial charge in [-0.3, -0.25) is 0 Å². The second-order valence-corrected chi connectivity index (χ2v) is 5.46. The first-order valence-electron chi connectivity index (χ1n) is 7.11. The zero-order chi connectivity index (χ0) is 14.7. The molecule has 0 spiro atoms. The molecule has 0 fully saturated rings. The zero-order valence-electron chi connectivity index (χ0n) is 12.0. The van der Waals surface area contributed by atoms with Crippen LogP contribution in [0, 0.1) is 0 Å². The molecule has 0 atom stereocenters. The lowest BCUT2D eigenvalue weighted by atomic mass is 10.2. The van der Waals surface area contributed by atoms with Crippen molar-refractivity contribution in [3.05, 3.63) is 64.9 Å². The van der Waals surface area contributed by atoms with Crippen molar-refractivity contribution in [3.8, 4) is 0 Å². The van der Waals surface area contributed by atoms with Crippen LogP contribution in [0.15, 0.2) is 48.5 Å². The van der Waals surface area contributed by atoms with Crippen LogP contribution in [0.2, 0.25) is 5.02 Å². The van der Waals surface area contributed by atoms with Crippen molar-refractivity contribution in [3.63, 3.8) is 0 Å². The number of fused-ring (bicyclic) bond motifs is 1. The number of benzene rings is 2. The third-order valence-corrected chi connectivity index (χ3v) is 3.99. The van der Waals surface area contributed by atoms with Gasteiger partial charge in [-0.15, -0.1) is 0 Å². The van der Waals surface area contributed by atoms with Crippen molar-refractivity contribution < 1.29 is 0 Å². The predicted octanol–water partition coefficient (Wildman–Crippen LogP) is 3.50. The van der Waals surface area contributed by atoms with Crippen LogP contribution >= 0.6 is 11.6 Å². The fourth-order valence-corrected chi connectivity index (χ4v) is 2.72. The second-order valence-electron chi connectivity index (χ2n) is 5.05. The van der Waals surface area contributed by atoms with E-state index < -0.39 is 0 Å². The molecule has 108 valence electrons. The van der Waals surface area contributed by atoms with E-state index in [9.17, 15) is 0 Å². The quantitative estimate of drug-likeness (QED) is 0.781. The molecule has 0 aliphatic carbocycles. The maximum atomic E-state index is 6.30. The number of rotatable bonds is 5. The van der Waals surface area contributed by atoms with Gasteiger partial charge < -0.3 is 9.88 Å². The van der Waals surface area contributed by atoms with E-state index in [0.717, 1.165) is 47.0 Å². The Morgan fingerprint density at radius 2 is 1.86 bits per heavy atom. The van der Waals surface area contributed by atoms with E-state index >= 15 is 0 Å². The summed E-state index contributed by atoms with van der Waals surface area (Å²) in [5.41, 5.74) is 3.31. The highest BCUT2D eigenvalue weighted by molar-refractivity contribution is 6.31. The van der Waals surface area contributed by atoms with E-state index in [1.165, 1.54) is 0 Å². The highest BCUT2D eigenvalue weighted by atomic mass is 35.5. The van der Waals surface area contributed by atoms with Crippen molar-refractivity contribution in [2.45, 2.75) is 13.0 Å². The molecular weight excluding hydrogens is 282 g/mol. The number of imidazole rings is 1. The van der Waals surface area contributed by atoms with Gasteiger partial charge in [-0.1, -0.05) is 41.9 Å². The highest BCUT2D eigenvalue weighted by Gasteiger charge is 2.11. The molecule has 2 aromatic carbocycles. The van der Waals surface area contributed by atoms with Crippen molar-refractivity contribution in [2.75, 3.05) is 13.6 Å². The molecule has 0 amide bonds. The molecule has 0 aliphatic rings. The van der Waals surface area contributed by atoms with Gasteiger partial charge in [0.1, 0.15) is 5.82 Å².